The van der Waals surface area contributed by atoms with Crippen molar-refractivity contribution in [1.82, 2.24) is 10.2 Å². The lowest BCUT2D eigenvalue weighted by atomic mass is 10.1. The van der Waals surface area contributed by atoms with Crippen LogP contribution in [0, 0.1) is 5.92 Å². The molecule has 2 saturated heterocycles. The number of hydrogen-bond acceptors (Lipinski definition) is 4. The van der Waals surface area contributed by atoms with E-state index in [1.165, 1.54) is 6.42 Å². The van der Waals surface area contributed by atoms with Gasteiger partial charge in [-0.15, -0.1) is 0 Å². The van der Waals surface area contributed by atoms with Gasteiger partial charge in [0, 0.05) is 37.2 Å². The SMILES string of the molecule is CCCNC(=NCC1CCS(=O)(=O)C1)N1CCSC(CC)C1. The molecule has 128 valence electrons. The predicted octanol–water partition coefficient (Wildman–Crippen LogP) is 1.60. The van der Waals surface area contributed by atoms with E-state index >= 15 is 0 Å². The Kier molecular flexibility index (Phi) is 6.87. The van der Waals surface area contributed by atoms with Crippen molar-refractivity contribution in [3.63, 3.8) is 0 Å². The van der Waals surface area contributed by atoms with E-state index in [4.69, 9.17) is 4.99 Å². The second-order valence-corrected chi connectivity index (χ2v) is 9.84. The summed E-state index contributed by atoms with van der Waals surface area (Å²) in [7, 11) is -2.80. The lowest BCUT2D eigenvalue weighted by Crippen LogP contribution is -2.48. The van der Waals surface area contributed by atoms with Crippen LogP contribution < -0.4 is 5.32 Å². The first-order valence-electron chi connectivity index (χ1n) is 8.39. The monoisotopic (exact) mass is 347 g/mol. The fourth-order valence-electron chi connectivity index (χ4n) is 2.89. The molecule has 2 heterocycles. The first-order chi connectivity index (χ1) is 10.5. The Morgan fingerprint density at radius 2 is 2.23 bits per heavy atom. The van der Waals surface area contributed by atoms with E-state index in [2.05, 4.69) is 24.1 Å². The van der Waals surface area contributed by atoms with Crippen molar-refractivity contribution in [2.45, 2.75) is 38.4 Å². The third-order valence-electron chi connectivity index (χ3n) is 4.25. The van der Waals surface area contributed by atoms with Crippen LogP contribution in [0.4, 0.5) is 0 Å². The minimum Gasteiger partial charge on any atom is -0.356 e. The van der Waals surface area contributed by atoms with Gasteiger partial charge in [0.1, 0.15) is 0 Å². The van der Waals surface area contributed by atoms with Crippen molar-refractivity contribution in [2.75, 3.05) is 43.4 Å². The van der Waals surface area contributed by atoms with Gasteiger partial charge in [0.15, 0.2) is 15.8 Å². The van der Waals surface area contributed by atoms with Gasteiger partial charge in [-0.1, -0.05) is 13.8 Å². The highest BCUT2D eigenvalue weighted by atomic mass is 32.2. The van der Waals surface area contributed by atoms with Gasteiger partial charge in [0.05, 0.1) is 11.5 Å². The number of hydrogen-bond donors (Lipinski definition) is 1. The van der Waals surface area contributed by atoms with E-state index < -0.39 is 9.84 Å². The molecule has 2 atom stereocenters. The van der Waals surface area contributed by atoms with E-state index in [1.807, 2.05) is 11.8 Å². The van der Waals surface area contributed by atoms with Crippen molar-refractivity contribution in [3.8, 4) is 0 Å². The van der Waals surface area contributed by atoms with Crippen LogP contribution in [0.5, 0.6) is 0 Å². The summed E-state index contributed by atoms with van der Waals surface area (Å²) in [4.78, 5) is 7.11. The molecular formula is C15H29N3O2S2. The molecule has 2 aliphatic rings. The molecular weight excluding hydrogens is 318 g/mol. The summed E-state index contributed by atoms with van der Waals surface area (Å²) >= 11 is 2.05. The van der Waals surface area contributed by atoms with E-state index in [9.17, 15) is 8.42 Å². The highest BCUT2D eigenvalue weighted by molar-refractivity contribution is 8.00. The van der Waals surface area contributed by atoms with Crippen molar-refractivity contribution in [2.24, 2.45) is 10.9 Å². The zero-order chi connectivity index (χ0) is 16.0. The molecule has 2 fully saturated rings. The summed E-state index contributed by atoms with van der Waals surface area (Å²) in [6, 6.07) is 0. The first-order valence-corrected chi connectivity index (χ1v) is 11.3. The molecule has 0 bridgehead atoms. The molecule has 0 aromatic rings. The molecule has 0 aliphatic carbocycles. The van der Waals surface area contributed by atoms with Crippen LogP contribution in [-0.2, 0) is 9.84 Å². The van der Waals surface area contributed by atoms with Crippen molar-refractivity contribution in [3.05, 3.63) is 0 Å². The van der Waals surface area contributed by atoms with Gasteiger partial charge < -0.3 is 10.2 Å². The second-order valence-electron chi connectivity index (χ2n) is 6.21. The third kappa shape index (κ3) is 5.33. The average Bonchev–Trinajstić information content (AvgIpc) is 2.86. The molecule has 0 amide bonds. The Hall–Kier alpha value is -0.430. The molecule has 7 heteroatoms. The number of sulfone groups is 1. The molecule has 0 spiro atoms. The minimum absolute atomic E-state index is 0.199. The lowest BCUT2D eigenvalue weighted by Gasteiger charge is -2.34. The summed E-state index contributed by atoms with van der Waals surface area (Å²) in [5.41, 5.74) is 0. The Balaban J connectivity index is 1.97. The smallest absolute Gasteiger partial charge is 0.193 e. The Bertz CT molecular complexity index is 479. The lowest BCUT2D eigenvalue weighted by molar-refractivity contribution is 0.405. The zero-order valence-corrected chi connectivity index (χ0v) is 15.4. The van der Waals surface area contributed by atoms with Gasteiger partial charge in [-0.05, 0) is 25.2 Å². The highest BCUT2D eigenvalue weighted by Gasteiger charge is 2.28. The standard InChI is InChI=1S/C15H29N3O2S2/c1-3-6-16-15(18-7-8-21-14(4-2)11-18)17-10-13-5-9-22(19,20)12-13/h13-14H,3-12H2,1-2H3,(H,16,17). The topological polar surface area (TPSA) is 61.8 Å². The molecule has 0 radical (unpaired) electrons. The van der Waals surface area contributed by atoms with Crippen molar-refractivity contribution >= 4 is 27.6 Å². The molecule has 2 aliphatic heterocycles. The van der Waals surface area contributed by atoms with Crippen molar-refractivity contribution in [1.29, 1.82) is 0 Å². The number of guanidine groups is 1. The van der Waals surface area contributed by atoms with Crippen LogP contribution in [0.1, 0.15) is 33.1 Å². The number of rotatable bonds is 5. The fraction of sp³-hybridized carbons (Fsp3) is 0.933. The van der Waals surface area contributed by atoms with E-state index in [1.54, 1.807) is 0 Å². The molecule has 2 rings (SSSR count). The predicted molar refractivity (Wildman–Crippen MR) is 95.5 cm³/mol. The molecule has 0 aromatic heterocycles. The van der Waals surface area contributed by atoms with Gasteiger partial charge >= 0.3 is 0 Å². The quantitative estimate of drug-likeness (QED) is 0.605. The van der Waals surface area contributed by atoms with Gasteiger partial charge in [0.25, 0.3) is 0 Å². The molecule has 2 unspecified atom stereocenters. The first kappa shape index (κ1) is 17.9. The molecule has 22 heavy (non-hydrogen) atoms. The Labute approximate surface area is 139 Å². The summed E-state index contributed by atoms with van der Waals surface area (Å²) < 4.78 is 23.1. The van der Waals surface area contributed by atoms with E-state index in [0.717, 1.165) is 44.2 Å². The summed E-state index contributed by atoms with van der Waals surface area (Å²) in [5.74, 6) is 2.96. The highest BCUT2D eigenvalue weighted by Crippen LogP contribution is 2.22. The average molecular weight is 348 g/mol. The van der Waals surface area contributed by atoms with Gasteiger partial charge in [-0.2, -0.15) is 11.8 Å². The third-order valence-corrected chi connectivity index (χ3v) is 7.46. The molecule has 0 saturated carbocycles. The van der Waals surface area contributed by atoms with Crippen LogP contribution in [0.25, 0.3) is 0 Å². The maximum absolute atomic E-state index is 11.6. The number of thioether (sulfide) groups is 1. The molecule has 1 N–H and O–H groups in total. The normalized spacial score (nSPS) is 28.8. The van der Waals surface area contributed by atoms with Crippen LogP contribution in [0.2, 0.25) is 0 Å². The molecule has 0 aromatic carbocycles. The number of nitrogens with one attached hydrogen (secondary N) is 1. The number of nitrogens with zero attached hydrogens (tertiary/aromatic N) is 2. The largest absolute Gasteiger partial charge is 0.356 e. The van der Waals surface area contributed by atoms with E-state index in [0.29, 0.717) is 23.3 Å². The summed E-state index contributed by atoms with van der Waals surface area (Å²) in [6.07, 6.45) is 3.01. The fourth-order valence-corrected chi connectivity index (χ4v) is 5.92. The van der Waals surface area contributed by atoms with Gasteiger partial charge in [-0.25, -0.2) is 8.42 Å². The van der Waals surface area contributed by atoms with Crippen LogP contribution in [0.3, 0.4) is 0 Å². The van der Waals surface area contributed by atoms with Gasteiger partial charge in [-0.3, -0.25) is 4.99 Å². The van der Waals surface area contributed by atoms with Crippen molar-refractivity contribution < 1.29 is 8.42 Å². The maximum Gasteiger partial charge on any atom is 0.193 e. The molecule has 5 nitrogen and oxygen atoms in total. The Morgan fingerprint density at radius 1 is 1.41 bits per heavy atom. The Morgan fingerprint density at radius 3 is 2.86 bits per heavy atom. The van der Waals surface area contributed by atoms with Gasteiger partial charge in [0.2, 0.25) is 0 Å². The van der Waals surface area contributed by atoms with Crippen LogP contribution >= 0.6 is 11.8 Å². The van der Waals surface area contributed by atoms with E-state index in [-0.39, 0.29) is 5.92 Å². The number of aliphatic imine (C=N–C) groups is 1. The summed E-state index contributed by atoms with van der Waals surface area (Å²) in [5, 5.41) is 4.12. The maximum atomic E-state index is 11.6. The second kappa shape index (κ2) is 8.43. The van der Waals surface area contributed by atoms with Crippen LogP contribution in [-0.4, -0.2) is 68.0 Å². The summed E-state index contributed by atoms with van der Waals surface area (Å²) in [6.45, 7) is 8.00. The van der Waals surface area contributed by atoms with Crippen LogP contribution in [0.15, 0.2) is 4.99 Å². The zero-order valence-electron chi connectivity index (χ0n) is 13.8. The minimum atomic E-state index is -2.80.